The summed E-state index contributed by atoms with van der Waals surface area (Å²) in [5.74, 6) is -0.295. The number of hydrogen-bond donors (Lipinski definition) is 2. The van der Waals surface area contributed by atoms with E-state index in [-0.39, 0.29) is 23.8 Å². The second-order valence-corrected chi connectivity index (χ2v) is 5.36. The van der Waals surface area contributed by atoms with Gasteiger partial charge in [-0.3, -0.25) is 5.41 Å². The number of anilines is 1. The molecule has 0 amide bonds. The van der Waals surface area contributed by atoms with E-state index in [4.69, 9.17) is 5.41 Å². The first-order valence-electron chi connectivity index (χ1n) is 6.03. The zero-order valence-corrected chi connectivity index (χ0v) is 11.5. The minimum absolute atomic E-state index is 0.0487. The third-order valence-electron chi connectivity index (χ3n) is 3.08. The molecule has 4 nitrogen and oxygen atoms in total. The highest BCUT2D eigenvalue weighted by Gasteiger charge is 2.32. The van der Waals surface area contributed by atoms with Gasteiger partial charge in [0.15, 0.2) is 0 Å². The van der Waals surface area contributed by atoms with Gasteiger partial charge in [0.05, 0.1) is 17.8 Å². The van der Waals surface area contributed by atoms with Gasteiger partial charge in [-0.1, -0.05) is 12.1 Å². The molecule has 1 aliphatic heterocycles. The van der Waals surface area contributed by atoms with Crippen molar-refractivity contribution >= 4 is 28.4 Å². The van der Waals surface area contributed by atoms with Crippen LogP contribution in [0.15, 0.2) is 35.4 Å². The van der Waals surface area contributed by atoms with Gasteiger partial charge < -0.3 is 10.0 Å². The molecule has 2 heterocycles. The van der Waals surface area contributed by atoms with Crippen molar-refractivity contribution in [2.24, 2.45) is 0 Å². The van der Waals surface area contributed by atoms with Crippen LogP contribution < -0.4 is 4.90 Å². The molecule has 0 radical (unpaired) electrons. The fourth-order valence-electron chi connectivity index (χ4n) is 2.15. The standard InChI is InChI=1S/C14H12FN3OS/c1-8-7-20-14(17-8)12-11(19)6-18(13(12)16)10-5-3-2-4-9(10)15/h2-5,7,16,19H,6H2,1H3. The molecule has 0 saturated heterocycles. The second-order valence-electron chi connectivity index (χ2n) is 4.50. The van der Waals surface area contributed by atoms with Crippen molar-refractivity contribution in [3.05, 3.63) is 51.9 Å². The molecule has 1 aliphatic rings. The van der Waals surface area contributed by atoms with Gasteiger partial charge in [-0.2, -0.15) is 0 Å². The summed E-state index contributed by atoms with van der Waals surface area (Å²) in [6.45, 7) is 1.94. The monoisotopic (exact) mass is 289 g/mol. The van der Waals surface area contributed by atoms with Crippen LogP contribution >= 0.6 is 11.3 Å². The fourth-order valence-corrected chi connectivity index (χ4v) is 3.01. The largest absolute Gasteiger partial charge is 0.510 e. The van der Waals surface area contributed by atoms with Crippen LogP contribution in [-0.2, 0) is 0 Å². The number of nitrogens with zero attached hydrogens (tertiary/aromatic N) is 2. The summed E-state index contributed by atoms with van der Waals surface area (Å²) in [6.07, 6.45) is 0. The maximum atomic E-state index is 13.8. The normalized spacial score (nSPS) is 15.3. The lowest BCUT2D eigenvalue weighted by Crippen LogP contribution is -2.26. The average Bonchev–Trinajstić information content (AvgIpc) is 2.94. The summed E-state index contributed by atoms with van der Waals surface area (Å²) in [5.41, 5.74) is 1.50. The number of benzene rings is 1. The molecular weight excluding hydrogens is 277 g/mol. The molecule has 6 heteroatoms. The lowest BCUT2D eigenvalue weighted by Gasteiger charge is -2.18. The van der Waals surface area contributed by atoms with Crippen LogP contribution in [0.4, 0.5) is 10.1 Å². The number of thiazole rings is 1. The predicted octanol–water partition coefficient (Wildman–Crippen LogP) is 3.36. The van der Waals surface area contributed by atoms with Crippen LogP contribution in [0.2, 0.25) is 0 Å². The minimum atomic E-state index is -0.415. The molecule has 3 rings (SSSR count). The number of nitrogens with one attached hydrogen (secondary N) is 1. The number of aryl methyl sites for hydroxylation is 1. The summed E-state index contributed by atoms with van der Waals surface area (Å²) in [6, 6.07) is 6.23. The number of aliphatic hydroxyl groups is 1. The minimum Gasteiger partial charge on any atom is -0.510 e. The Hall–Kier alpha value is -2.21. The van der Waals surface area contributed by atoms with E-state index in [1.165, 1.54) is 22.3 Å². The quantitative estimate of drug-likeness (QED) is 0.891. The lowest BCUT2D eigenvalue weighted by atomic mass is 10.2. The Balaban J connectivity index is 1.99. The van der Waals surface area contributed by atoms with E-state index < -0.39 is 5.82 Å². The van der Waals surface area contributed by atoms with E-state index in [2.05, 4.69) is 4.98 Å². The highest BCUT2D eigenvalue weighted by Crippen LogP contribution is 2.33. The maximum absolute atomic E-state index is 13.8. The third-order valence-corrected chi connectivity index (χ3v) is 4.06. The molecule has 1 aromatic heterocycles. The van der Waals surface area contributed by atoms with E-state index in [1.54, 1.807) is 18.2 Å². The maximum Gasteiger partial charge on any atom is 0.146 e. The zero-order valence-electron chi connectivity index (χ0n) is 10.7. The first-order chi connectivity index (χ1) is 9.58. The van der Waals surface area contributed by atoms with E-state index in [0.29, 0.717) is 10.6 Å². The predicted molar refractivity (Wildman–Crippen MR) is 77.9 cm³/mol. The Morgan fingerprint density at radius 2 is 2.15 bits per heavy atom. The third kappa shape index (κ3) is 1.98. The van der Waals surface area contributed by atoms with Crippen molar-refractivity contribution < 1.29 is 9.50 Å². The van der Waals surface area contributed by atoms with Crippen LogP contribution in [0.5, 0.6) is 0 Å². The van der Waals surface area contributed by atoms with E-state index >= 15 is 0 Å². The molecule has 0 atom stereocenters. The Labute approximate surface area is 119 Å². The number of hydrogen-bond acceptors (Lipinski definition) is 4. The summed E-state index contributed by atoms with van der Waals surface area (Å²) >= 11 is 1.37. The first-order valence-corrected chi connectivity index (χ1v) is 6.91. The van der Waals surface area contributed by atoms with Gasteiger partial charge in [-0.15, -0.1) is 11.3 Å². The van der Waals surface area contributed by atoms with Crippen molar-refractivity contribution in [3.8, 4) is 0 Å². The SMILES string of the molecule is Cc1csc(C2=C(O)CN(c3ccccc3F)C2=N)n1. The van der Waals surface area contributed by atoms with Gasteiger partial charge in [0.1, 0.15) is 22.4 Å². The topological polar surface area (TPSA) is 60.2 Å². The second kappa shape index (κ2) is 4.72. The molecule has 0 saturated carbocycles. The van der Waals surface area contributed by atoms with Gasteiger partial charge >= 0.3 is 0 Å². The van der Waals surface area contributed by atoms with Crippen LogP contribution in [0.3, 0.4) is 0 Å². The lowest BCUT2D eigenvalue weighted by molar-refractivity contribution is 0.411. The van der Waals surface area contributed by atoms with Gasteiger partial charge in [0, 0.05) is 11.1 Å². The smallest absolute Gasteiger partial charge is 0.146 e. The molecule has 2 N–H and O–H groups in total. The Morgan fingerprint density at radius 1 is 1.40 bits per heavy atom. The van der Waals surface area contributed by atoms with Crippen LogP contribution in [-0.4, -0.2) is 22.5 Å². The molecular formula is C14H12FN3OS. The van der Waals surface area contributed by atoms with Crippen molar-refractivity contribution in [2.45, 2.75) is 6.92 Å². The number of halogens is 1. The van der Waals surface area contributed by atoms with Crippen LogP contribution in [0.1, 0.15) is 10.7 Å². The van der Waals surface area contributed by atoms with Crippen molar-refractivity contribution in [1.29, 1.82) is 5.41 Å². The highest BCUT2D eigenvalue weighted by molar-refractivity contribution is 7.11. The van der Waals surface area contributed by atoms with Crippen molar-refractivity contribution in [2.75, 3.05) is 11.4 Å². The number of aliphatic hydroxyl groups excluding tert-OH is 1. The molecule has 102 valence electrons. The van der Waals surface area contributed by atoms with E-state index in [0.717, 1.165) is 5.69 Å². The van der Waals surface area contributed by atoms with Gasteiger partial charge in [-0.05, 0) is 19.1 Å². The molecule has 0 unspecified atom stereocenters. The number of aromatic nitrogens is 1. The summed E-state index contributed by atoms with van der Waals surface area (Å²) < 4.78 is 13.8. The molecule has 20 heavy (non-hydrogen) atoms. The van der Waals surface area contributed by atoms with Gasteiger partial charge in [-0.25, -0.2) is 9.37 Å². The fraction of sp³-hybridized carbons (Fsp3) is 0.143. The van der Waals surface area contributed by atoms with Gasteiger partial charge in [0.2, 0.25) is 0 Å². The zero-order chi connectivity index (χ0) is 14.3. The van der Waals surface area contributed by atoms with Gasteiger partial charge in [0.25, 0.3) is 0 Å². The van der Waals surface area contributed by atoms with E-state index in [1.807, 2.05) is 12.3 Å². The Morgan fingerprint density at radius 3 is 2.80 bits per heavy atom. The highest BCUT2D eigenvalue weighted by atomic mass is 32.1. The average molecular weight is 289 g/mol. The number of rotatable bonds is 2. The number of para-hydroxylation sites is 1. The molecule has 0 fully saturated rings. The Bertz CT molecular complexity index is 723. The van der Waals surface area contributed by atoms with E-state index in [9.17, 15) is 9.50 Å². The molecule has 0 bridgehead atoms. The van der Waals surface area contributed by atoms with Crippen LogP contribution in [0, 0.1) is 18.2 Å². The summed E-state index contributed by atoms with van der Waals surface area (Å²) in [7, 11) is 0. The van der Waals surface area contributed by atoms with Crippen LogP contribution in [0.25, 0.3) is 5.57 Å². The summed E-state index contributed by atoms with van der Waals surface area (Å²) in [5, 5.41) is 20.7. The van der Waals surface area contributed by atoms with Crippen molar-refractivity contribution in [3.63, 3.8) is 0 Å². The molecule has 1 aromatic carbocycles. The number of amidine groups is 1. The molecule has 0 spiro atoms. The first kappa shape index (κ1) is 12.8. The molecule has 2 aromatic rings. The molecule has 0 aliphatic carbocycles. The Kier molecular flexibility index (Phi) is 3.02. The summed E-state index contributed by atoms with van der Waals surface area (Å²) in [4.78, 5) is 5.72. The van der Waals surface area contributed by atoms with Crippen molar-refractivity contribution in [1.82, 2.24) is 4.98 Å².